The van der Waals surface area contributed by atoms with Crippen LogP contribution in [-0.2, 0) is 4.79 Å². The van der Waals surface area contributed by atoms with E-state index in [-0.39, 0.29) is 24.5 Å². The lowest BCUT2D eigenvalue weighted by Gasteiger charge is -2.26. The molecule has 2 aliphatic rings. The van der Waals surface area contributed by atoms with E-state index in [0.29, 0.717) is 5.25 Å². The lowest BCUT2D eigenvalue weighted by atomic mass is 10.2. The van der Waals surface area contributed by atoms with E-state index < -0.39 is 0 Å². The Balaban J connectivity index is 2.08. The van der Waals surface area contributed by atoms with Gasteiger partial charge in [0.1, 0.15) is 0 Å². The van der Waals surface area contributed by atoms with E-state index >= 15 is 0 Å². The van der Waals surface area contributed by atoms with Crippen molar-refractivity contribution in [1.29, 1.82) is 0 Å². The quantitative estimate of drug-likeness (QED) is 0.739. The van der Waals surface area contributed by atoms with Crippen LogP contribution in [0.15, 0.2) is 0 Å². The number of nitrogens with zero attached hydrogens (tertiary/aromatic N) is 1. The monoisotopic (exact) mass is 228 g/mol. The molecule has 2 atom stereocenters. The van der Waals surface area contributed by atoms with Gasteiger partial charge in [-0.1, -0.05) is 13.3 Å². The van der Waals surface area contributed by atoms with Crippen molar-refractivity contribution < 1.29 is 9.59 Å². The normalized spacial score (nSPS) is 31.1. The van der Waals surface area contributed by atoms with Crippen molar-refractivity contribution in [1.82, 2.24) is 10.2 Å². The molecule has 2 rings (SSSR count). The summed E-state index contributed by atoms with van der Waals surface area (Å²) in [5.41, 5.74) is 0. The van der Waals surface area contributed by atoms with E-state index in [1.165, 1.54) is 4.90 Å². The topological polar surface area (TPSA) is 49.4 Å². The molecule has 5 heteroatoms. The Kier molecular flexibility index (Phi) is 3.19. The first-order valence-corrected chi connectivity index (χ1v) is 6.50. The van der Waals surface area contributed by atoms with Gasteiger partial charge in [0.05, 0.1) is 12.6 Å². The maximum atomic E-state index is 11.6. The summed E-state index contributed by atoms with van der Waals surface area (Å²) in [6.07, 6.45) is 3.22. The Morgan fingerprint density at radius 3 is 2.87 bits per heavy atom. The van der Waals surface area contributed by atoms with Crippen LogP contribution in [0.5, 0.6) is 0 Å². The maximum absolute atomic E-state index is 11.6. The number of thioether (sulfide) groups is 1. The first-order valence-electron chi connectivity index (χ1n) is 5.45. The summed E-state index contributed by atoms with van der Waals surface area (Å²) in [6, 6.07) is -0.0708. The first kappa shape index (κ1) is 10.8. The van der Waals surface area contributed by atoms with Gasteiger partial charge in [-0.3, -0.25) is 9.69 Å². The van der Waals surface area contributed by atoms with Crippen molar-refractivity contribution in [3.63, 3.8) is 0 Å². The SMILES string of the molecule is CCSC1CCCC1N1C(=O)CNC1=O. The average molecular weight is 228 g/mol. The van der Waals surface area contributed by atoms with Crippen LogP contribution in [0.1, 0.15) is 26.2 Å². The van der Waals surface area contributed by atoms with Crippen LogP contribution in [0, 0.1) is 0 Å². The smallest absolute Gasteiger partial charge is 0.324 e. The summed E-state index contributed by atoms with van der Waals surface area (Å²) in [4.78, 5) is 24.5. The molecule has 1 heterocycles. The van der Waals surface area contributed by atoms with Gasteiger partial charge >= 0.3 is 6.03 Å². The van der Waals surface area contributed by atoms with Crippen LogP contribution in [0.2, 0.25) is 0 Å². The molecular weight excluding hydrogens is 212 g/mol. The Labute approximate surface area is 93.8 Å². The van der Waals surface area contributed by atoms with E-state index in [0.717, 1.165) is 25.0 Å². The molecule has 0 bridgehead atoms. The van der Waals surface area contributed by atoms with Crippen LogP contribution in [-0.4, -0.2) is 40.4 Å². The van der Waals surface area contributed by atoms with Gasteiger partial charge < -0.3 is 5.32 Å². The van der Waals surface area contributed by atoms with E-state index in [9.17, 15) is 9.59 Å². The minimum absolute atomic E-state index is 0.0615. The van der Waals surface area contributed by atoms with Gasteiger partial charge in [-0.05, 0) is 18.6 Å². The van der Waals surface area contributed by atoms with Crippen molar-refractivity contribution in [2.75, 3.05) is 12.3 Å². The molecule has 1 aliphatic heterocycles. The van der Waals surface area contributed by atoms with Crippen LogP contribution in [0.25, 0.3) is 0 Å². The number of nitrogens with one attached hydrogen (secondary N) is 1. The third-order valence-electron chi connectivity index (χ3n) is 3.01. The molecule has 1 saturated heterocycles. The molecule has 1 aliphatic carbocycles. The van der Waals surface area contributed by atoms with Gasteiger partial charge in [0.25, 0.3) is 0 Å². The Morgan fingerprint density at radius 2 is 2.27 bits per heavy atom. The summed E-state index contributed by atoms with van der Waals surface area (Å²) in [7, 11) is 0. The van der Waals surface area contributed by atoms with Crippen LogP contribution < -0.4 is 5.32 Å². The summed E-state index contributed by atoms with van der Waals surface area (Å²) >= 11 is 1.86. The van der Waals surface area contributed by atoms with Crippen molar-refractivity contribution in [3.8, 4) is 0 Å². The summed E-state index contributed by atoms with van der Waals surface area (Å²) in [6.45, 7) is 2.30. The van der Waals surface area contributed by atoms with Crippen molar-refractivity contribution >= 4 is 23.7 Å². The highest BCUT2D eigenvalue weighted by Gasteiger charge is 2.41. The third kappa shape index (κ3) is 1.97. The second-order valence-corrected chi connectivity index (χ2v) is 5.43. The first-order chi connectivity index (χ1) is 7.24. The minimum Gasteiger partial charge on any atom is -0.329 e. The predicted octanol–water partition coefficient (Wildman–Crippen LogP) is 1.21. The Hall–Kier alpha value is -0.710. The molecule has 0 spiro atoms. The molecule has 3 amide bonds. The predicted molar refractivity (Wildman–Crippen MR) is 59.8 cm³/mol. The van der Waals surface area contributed by atoms with Gasteiger partial charge in [0.15, 0.2) is 0 Å². The van der Waals surface area contributed by atoms with Gasteiger partial charge in [-0.2, -0.15) is 11.8 Å². The summed E-state index contributed by atoms with van der Waals surface area (Å²) in [5.74, 6) is 0.985. The second-order valence-electron chi connectivity index (χ2n) is 3.91. The van der Waals surface area contributed by atoms with E-state index in [2.05, 4.69) is 12.2 Å². The minimum atomic E-state index is -0.200. The van der Waals surface area contributed by atoms with Crippen LogP contribution in [0.3, 0.4) is 0 Å². The van der Waals surface area contributed by atoms with Gasteiger partial charge in [0.2, 0.25) is 5.91 Å². The van der Waals surface area contributed by atoms with Crippen molar-refractivity contribution in [3.05, 3.63) is 0 Å². The fourth-order valence-electron chi connectivity index (χ4n) is 2.38. The number of carbonyl (C=O) groups excluding carboxylic acids is 2. The Morgan fingerprint density at radius 1 is 1.47 bits per heavy atom. The zero-order valence-electron chi connectivity index (χ0n) is 8.86. The third-order valence-corrected chi connectivity index (χ3v) is 4.32. The number of amides is 3. The molecule has 84 valence electrons. The van der Waals surface area contributed by atoms with E-state index in [4.69, 9.17) is 0 Å². The fraction of sp³-hybridized carbons (Fsp3) is 0.800. The number of hydrogen-bond donors (Lipinski definition) is 1. The lowest BCUT2D eigenvalue weighted by Crippen LogP contribution is -2.43. The van der Waals surface area contributed by atoms with Crippen molar-refractivity contribution in [2.45, 2.75) is 37.5 Å². The molecule has 2 unspecified atom stereocenters. The van der Waals surface area contributed by atoms with Gasteiger partial charge in [-0.25, -0.2) is 4.79 Å². The molecule has 2 fully saturated rings. The van der Waals surface area contributed by atoms with Crippen molar-refractivity contribution in [2.24, 2.45) is 0 Å². The molecule has 0 aromatic rings. The average Bonchev–Trinajstić information content (AvgIpc) is 2.75. The van der Waals surface area contributed by atoms with Crippen LogP contribution >= 0.6 is 11.8 Å². The molecule has 0 aromatic heterocycles. The number of rotatable bonds is 3. The lowest BCUT2D eigenvalue weighted by molar-refractivity contribution is -0.126. The Bertz CT molecular complexity index is 267. The van der Waals surface area contributed by atoms with E-state index in [1.54, 1.807) is 0 Å². The fourth-order valence-corrected chi connectivity index (χ4v) is 3.62. The number of urea groups is 1. The standard InChI is InChI=1S/C10H16N2O2S/c1-2-15-8-5-3-4-7(8)12-9(13)6-11-10(12)14/h7-8H,2-6H2,1H3,(H,11,14). The highest BCUT2D eigenvalue weighted by atomic mass is 32.2. The molecule has 15 heavy (non-hydrogen) atoms. The summed E-state index contributed by atoms with van der Waals surface area (Å²) < 4.78 is 0. The van der Waals surface area contributed by atoms with Gasteiger partial charge in [-0.15, -0.1) is 0 Å². The molecule has 0 aromatic carbocycles. The molecule has 4 nitrogen and oxygen atoms in total. The maximum Gasteiger partial charge on any atom is 0.324 e. The zero-order valence-corrected chi connectivity index (χ0v) is 9.68. The molecule has 1 saturated carbocycles. The number of carbonyl (C=O) groups is 2. The van der Waals surface area contributed by atoms with E-state index in [1.807, 2.05) is 11.8 Å². The zero-order chi connectivity index (χ0) is 10.8. The van der Waals surface area contributed by atoms with Crippen LogP contribution in [0.4, 0.5) is 4.79 Å². The highest BCUT2D eigenvalue weighted by Crippen LogP contribution is 2.34. The number of imide groups is 1. The van der Waals surface area contributed by atoms with Gasteiger partial charge in [0, 0.05) is 5.25 Å². The molecule has 0 radical (unpaired) electrons. The summed E-state index contributed by atoms with van der Waals surface area (Å²) in [5, 5.41) is 3.03. The second kappa shape index (κ2) is 4.43. The highest BCUT2D eigenvalue weighted by molar-refractivity contribution is 7.99. The number of hydrogen-bond acceptors (Lipinski definition) is 3. The largest absolute Gasteiger partial charge is 0.329 e. The molecule has 1 N–H and O–H groups in total. The molecular formula is C10H16N2O2S.